The van der Waals surface area contributed by atoms with Crippen LogP contribution in [0.4, 0.5) is 0 Å². The molecule has 0 aliphatic carbocycles. The van der Waals surface area contributed by atoms with E-state index in [4.69, 9.17) is 17.3 Å². The summed E-state index contributed by atoms with van der Waals surface area (Å²) in [6.45, 7) is 1.74. The van der Waals surface area contributed by atoms with E-state index in [-0.39, 0.29) is 11.7 Å². The highest BCUT2D eigenvalue weighted by molar-refractivity contribution is 7.89. The number of benzene rings is 1. The molecule has 8 nitrogen and oxygen atoms in total. The molecule has 32 heavy (non-hydrogen) atoms. The van der Waals surface area contributed by atoms with Crippen LogP contribution in [-0.2, 0) is 15.6 Å². The van der Waals surface area contributed by atoms with Gasteiger partial charge in [-0.05, 0) is 24.6 Å². The molecule has 3 N–H and O–H groups in total. The van der Waals surface area contributed by atoms with Crippen molar-refractivity contribution in [2.24, 2.45) is 10.7 Å². The van der Waals surface area contributed by atoms with Crippen molar-refractivity contribution in [3.8, 4) is 22.5 Å². The molecule has 1 aromatic carbocycles. The summed E-state index contributed by atoms with van der Waals surface area (Å²) in [5.74, 6) is -0.272. The lowest BCUT2D eigenvalue weighted by atomic mass is 10.0. The number of halogens is 1. The zero-order chi connectivity index (χ0) is 22.7. The normalized spacial score (nSPS) is 20.5. The molecule has 0 amide bonds. The van der Waals surface area contributed by atoms with Gasteiger partial charge >= 0.3 is 0 Å². The molecule has 0 radical (unpaired) electrons. The van der Waals surface area contributed by atoms with Crippen LogP contribution >= 0.6 is 22.9 Å². The van der Waals surface area contributed by atoms with Gasteiger partial charge in [0.15, 0.2) is 0 Å². The van der Waals surface area contributed by atoms with Crippen LogP contribution in [0.3, 0.4) is 0 Å². The summed E-state index contributed by atoms with van der Waals surface area (Å²) in [5, 5.41) is 8.22. The molecule has 4 heterocycles. The molecule has 164 valence electrons. The maximum absolute atomic E-state index is 12.6. The first kappa shape index (κ1) is 20.9. The Bertz CT molecular complexity index is 1460. The van der Waals surface area contributed by atoms with Crippen LogP contribution < -0.4 is 5.73 Å². The zero-order valence-electron chi connectivity index (χ0n) is 17.2. The van der Waals surface area contributed by atoms with Crippen molar-refractivity contribution in [2.75, 3.05) is 12.8 Å². The average molecular weight is 487 g/mol. The first-order valence-electron chi connectivity index (χ1n) is 9.69. The van der Waals surface area contributed by atoms with E-state index in [0.29, 0.717) is 9.90 Å². The molecule has 1 atom stereocenters. The van der Waals surface area contributed by atoms with Crippen LogP contribution in [0.25, 0.3) is 32.6 Å². The van der Waals surface area contributed by atoms with Crippen LogP contribution in [0, 0.1) is 0 Å². The highest BCUT2D eigenvalue weighted by Crippen LogP contribution is 2.47. The van der Waals surface area contributed by atoms with Crippen LogP contribution in [0.15, 0.2) is 53.8 Å². The van der Waals surface area contributed by atoms with E-state index in [1.54, 1.807) is 19.3 Å². The molecule has 0 fully saturated rings. The molecule has 1 aliphatic rings. The fraction of sp³-hybridized carbons (Fsp3) is 0.190. The third-order valence-electron chi connectivity index (χ3n) is 5.57. The topological polar surface area (TPSA) is 117 Å². The third-order valence-corrected chi connectivity index (χ3v) is 9.49. The van der Waals surface area contributed by atoms with Crippen LogP contribution in [-0.4, -0.2) is 46.7 Å². The van der Waals surface area contributed by atoms with Crippen molar-refractivity contribution in [2.45, 2.75) is 12.5 Å². The second-order valence-electron chi connectivity index (χ2n) is 7.80. The van der Waals surface area contributed by atoms with E-state index in [0.717, 1.165) is 36.9 Å². The van der Waals surface area contributed by atoms with E-state index < -0.39 is 15.6 Å². The number of nitrogens with one attached hydrogen (secondary N) is 1. The van der Waals surface area contributed by atoms with Crippen LogP contribution in [0.2, 0.25) is 5.02 Å². The molecule has 0 spiro atoms. The maximum atomic E-state index is 12.6. The molecule has 0 bridgehead atoms. The van der Waals surface area contributed by atoms with E-state index in [2.05, 4.69) is 20.2 Å². The summed E-state index contributed by atoms with van der Waals surface area (Å²) >= 11 is 8.16. The standard InChI is InChI=1S/C21H19ClN6O2S2/c1-21(11-32(29,30)28(2)20(23)26-21)19-16(22)14-7-9-24-17(18(14)31-19)13-5-3-12(4-6-13)15-8-10-25-27-15/h3-10H,11H2,1-2H3,(H2,23,26)(H,25,27)/t21-/m0/s1. The number of aromatic nitrogens is 3. The van der Waals surface area contributed by atoms with Crippen molar-refractivity contribution in [3.63, 3.8) is 0 Å². The molecular weight excluding hydrogens is 468 g/mol. The van der Waals surface area contributed by atoms with Gasteiger partial charge < -0.3 is 5.73 Å². The van der Waals surface area contributed by atoms with Gasteiger partial charge in [-0.3, -0.25) is 10.1 Å². The minimum Gasteiger partial charge on any atom is -0.369 e. The van der Waals surface area contributed by atoms with Gasteiger partial charge in [0.2, 0.25) is 16.0 Å². The lowest BCUT2D eigenvalue weighted by Crippen LogP contribution is -2.50. The van der Waals surface area contributed by atoms with Gasteiger partial charge in [0, 0.05) is 30.4 Å². The third kappa shape index (κ3) is 3.26. The summed E-state index contributed by atoms with van der Waals surface area (Å²) in [5.41, 5.74) is 8.47. The Morgan fingerprint density at radius 1 is 1.16 bits per heavy atom. The molecule has 0 saturated carbocycles. The van der Waals surface area contributed by atoms with Crippen LogP contribution in [0.1, 0.15) is 11.8 Å². The van der Waals surface area contributed by atoms with E-state index in [9.17, 15) is 8.42 Å². The maximum Gasteiger partial charge on any atom is 0.239 e. The number of guanidine groups is 1. The van der Waals surface area contributed by atoms with Crippen molar-refractivity contribution in [3.05, 3.63) is 58.7 Å². The molecule has 0 unspecified atom stereocenters. The van der Waals surface area contributed by atoms with E-state index in [1.807, 2.05) is 36.4 Å². The molecule has 11 heteroatoms. The number of H-pyrrole nitrogens is 1. The summed E-state index contributed by atoms with van der Waals surface area (Å²) in [6, 6.07) is 11.7. The number of rotatable bonds is 3. The lowest BCUT2D eigenvalue weighted by Gasteiger charge is -2.33. The van der Waals surface area contributed by atoms with Crippen molar-refractivity contribution < 1.29 is 8.42 Å². The molecular formula is C21H19ClN6O2S2. The molecule has 5 rings (SSSR count). The van der Waals surface area contributed by atoms with Crippen molar-refractivity contribution in [1.82, 2.24) is 19.5 Å². The molecule has 1 aliphatic heterocycles. The van der Waals surface area contributed by atoms with Gasteiger partial charge in [0.1, 0.15) is 5.54 Å². The number of hydrogen-bond acceptors (Lipinski definition) is 7. The largest absolute Gasteiger partial charge is 0.369 e. The summed E-state index contributed by atoms with van der Waals surface area (Å²) in [7, 11) is -2.21. The number of aromatic amines is 1. The Labute approximate surface area is 193 Å². The SMILES string of the molecule is CN1C(N)=N[C@](C)(c2sc3c(-c4ccc(-c5ccn[nH]5)cc4)nccc3c2Cl)CS1(=O)=O. The fourth-order valence-electron chi connectivity index (χ4n) is 3.84. The Morgan fingerprint density at radius 3 is 2.53 bits per heavy atom. The second-order valence-corrected chi connectivity index (χ2v) is 11.2. The van der Waals surface area contributed by atoms with Crippen molar-refractivity contribution in [1.29, 1.82) is 0 Å². The Kier molecular flexibility index (Phi) is 4.77. The Balaban J connectivity index is 1.64. The number of hydrogen-bond donors (Lipinski definition) is 2. The van der Waals surface area contributed by atoms with Gasteiger partial charge in [-0.25, -0.2) is 17.7 Å². The van der Waals surface area contributed by atoms with Crippen molar-refractivity contribution >= 4 is 49.0 Å². The quantitative estimate of drug-likeness (QED) is 0.456. The fourth-order valence-corrected chi connectivity index (χ4v) is 7.19. The summed E-state index contributed by atoms with van der Waals surface area (Å²) in [6.07, 6.45) is 3.41. The highest BCUT2D eigenvalue weighted by atomic mass is 35.5. The number of nitrogens with zero attached hydrogens (tertiary/aromatic N) is 4. The van der Waals surface area contributed by atoms with Gasteiger partial charge in [-0.1, -0.05) is 35.9 Å². The minimum atomic E-state index is -3.61. The smallest absolute Gasteiger partial charge is 0.239 e. The zero-order valence-corrected chi connectivity index (χ0v) is 19.6. The Hall–Kier alpha value is -2.95. The molecule has 3 aromatic heterocycles. The van der Waals surface area contributed by atoms with Gasteiger partial charge in [0.05, 0.1) is 31.7 Å². The Morgan fingerprint density at radius 2 is 1.88 bits per heavy atom. The number of pyridine rings is 1. The van der Waals surface area contributed by atoms with Gasteiger partial charge in [-0.2, -0.15) is 5.10 Å². The number of nitrogens with two attached hydrogens (primary N) is 1. The van der Waals surface area contributed by atoms with Gasteiger partial charge in [-0.15, -0.1) is 11.3 Å². The predicted molar refractivity (Wildman–Crippen MR) is 128 cm³/mol. The second kappa shape index (κ2) is 7.29. The highest BCUT2D eigenvalue weighted by Gasteiger charge is 2.43. The molecule has 4 aromatic rings. The van der Waals surface area contributed by atoms with E-state index >= 15 is 0 Å². The number of sulfonamides is 1. The summed E-state index contributed by atoms with van der Waals surface area (Å²) < 4.78 is 27.1. The summed E-state index contributed by atoms with van der Waals surface area (Å²) in [4.78, 5) is 9.74. The first-order valence-corrected chi connectivity index (χ1v) is 12.5. The monoisotopic (exact) mass is 486 g/mol. The van der Waals surface area contributed by atoms with Gasteiger partial charge in [0.25, 0.3) is 0 Å². The molecule has 0 saturated heterocycles. The van der Waals surface area contributed by atoms with Crippen LogP contribution in [0.5, 0.6) is 0 Å². The first-order chi connectivity index (χ1) is 15.2. The van der Waals surface area contributed by atoms with E-state index in [1.165, 1.54) is 18.4 Å². The minimum absolute atomic E-state index is 0.0555. The predicted octanol–water partition coefficient (Wildman–Crippen LogP) is 3.81. The number of aliphatic imine (C=N–C) groups is 1. The lowest BCUT2D eigenvalue weighted by molar-refractivity contribution is 0.482. The number of thiophene rings is 1. The average Bonchev–Trinajstić information content (AvgIpc) is 3.41. The number of fused-ring (bicyclic) bond motifs is 1.